The van der Waals surface area contributed by atoms with E-state index in [1.54, 1.807) is 0 Å². The van der Waals surface area contributed by atoms with Crippen LogP contribution in [0.3, 0.4) is 0 Å². The maximum atomic E-state index is 13.3. The van der Waals surface area contributed by atoms with Crippen molar-refractivity contribution >= 4 is 5.69 Å². The van der Waals surface area contributed by atoms with E-state index in [1.807, 2.05) is 0 Å². The zero-order chi connectivity index (χ0) is 29.7. The first-order valence-electron chi connectivity index (χ1n) is 11.4. The van der Waals surface area contributed by atoms with Crippen molar-refractivity contribution in [2.75, 3.05) is 11.4 Å². The van der Waals surface area contributed by atoms with E-state index in [4.69, 9.17) is 4.74 Å². The molecule has 14 heteroatoms. The lowest BCUT2D eigenvalue weighted by molar-refractivity contribution is -0.253. The van der Waals surface area contributed by atoms with Crippen LogP contribution in [-0.2, 0) is 19.3 Å². The van der Waals surface area contributed by atoms with Crippen molar-refractivity contribution in [3.8, 4) is 11.5 Å². The van der Waals surface area contributed by atoms with Gasteiger partial charge in [-0.2, -0.15) is 43.9 Å². The molecule has 0 aliphatic carbocycles. The van der Waals surface area contributed by atoms with Gasteiger partial charge in [0.15, 0.2) is 6.10 Å². The molecular formula is C26H21F10NO3. The van der Waals surface area contributed by atoms with Gasteiger partial charge in [0.05, 0.1) is 12.1 Å². The number of anilines is 1. The second kappa shape index (κ2) is 12.2. The van der Waals surface area contributed by atoms with Crippen molar-refractivity contribution in [3.05, 3.63) is 89.5 Å². The Morgan fingerprint density at radius 2 is 1.38 bits per heavy atom. The zero-order valence-corrected chi connectivity index (χ0v) is 20.2. The molecule has 0 bridgehead atoms. The van der Waals surface area contributed by atoms with Crippen molar-refractivity contribution in [2.24, 2.45) is 0 Å². The molecular weight excluding hydrogens is 564 g/mol. The van der Waals surface area contributed by atoms with Gasteiger partial charge in [-0.3, -0.25) is 0 Å². The Morgan fingerprint density at radius 3 is 2.02 bits per heavy atom. The number of halogens is 10. The van der Waals surface area contributed by atoms with Gasteiger partial charge in [-0.1, -0.05) is 30.3 Å². The molecule has 1 unspecified atom stereocenters. The Kier molecular flexibility index (Phi) is 9.44. The number of hydrogen-bond donors (Lipinski definition) is 1. The topological polar surface area (TPSA) is 41.9 Å². The fourth-order valence-corrected chi connectivity index (χ4v) is 3.48. The van der Waals surface area contributed by atoms with E-state index in [0.29, 0.717) is 0 Å². The van der Waals surface area contributed by atoms with Crippen molar-refractivity contribution < 1.29 is 58.5 Å². The third-order valence-corrected chi connectivity index (χ3v) is 5.39. The first-order chi connectivity index (χ1) is 18.5. The Labute approximate surface area is 221 Å². The van der Waals surface area contributed by atoms with Crippen LogP contribution in [0.4, 0.5) is 49.6 Å². The summed E-state index contributed by atoms with van der Waals surface area (Å²) in [7, 11) is 0. The van der Waals surface area contributed by atoms with Crippen LogP contribution in [0, 0.1) is 0 Å². The van der Waals surface area contributed by atoms with Crippen molar-refractivity contribution in [3.63, 3.8) is 0 Å². The number of alkyl halides is 10. The average molecular weight is 585 g/mol. The molecule has 0 aliphatic rings. The predicted molar refractivity (Wildman–Crippen MR) is 123 cm³/mol. The van der Waals surface area contributed by atoms with Crippen molar-refractivity contribution in [2.45, 2.75) is 44.1 Å². The van der Waals surface area contributed by atoms with Gasteiger partial charge in [0.25, 0.3) is 0 Å². The summed E-state index contributed by atoms with van der Waals surface area (Å²) in [6, 6.07) is 14.1. The third kappa shape index (κ3) is 8.66. The highest BCUT2D eigenvalue weighted by atomic mass is 19.4. The Morgan fingerprint density at radius 1 is 0.750 bits per heavy atom. The minimum absolute atomic E-state index is 0.0640. The van der Waals surface area contributed by atoms with Crippen molar-refractivity contribution in [1.82, 2.24) is 0 Å². The minimum Gasteiger partial charge on any atom is -0.489 e. The Balaban J connectivity index is 1.84. The lowest BCUT2D eigenvalue weighted by Crippen LogP contribution is -2.40. The number of hydrogen-bond acceptors (Lipinski definition) is 4. The van der Waals surface area contributed by atoms with Crippen LogP contribution in [0.15, 0.2) is 72.8 Å². The summed E-state index contributed by atoms with van der Waals surface area (Å²) in [5.41, 5.74) is -0.588. The van der Waals surface area contributed by atoms with Crippen LogP contribution in [0.1, 0.15) is 16.7 Å². The molecule has 0 saturated heterocycles. The molecule has 0 spiro atoms. The summed E-state index contributed by atoms with van der Waals surface area (Å²) in [6.07, 6.45) is -21.4. The number of nitrogens with zero attached hydrogens (tertiary/aromatic N) is 1. The standard InChI is InChI=1S/C26H21F10NO3/c27-23(28)26(35,36)40-21-9-2-4-16(11-21)13-37(14-22(38)25(32,33)34)19-7-3-8-20(12-19)39-15-17-5-1-6-18(10-17)24(29,30)31/h1-12,22-23,38H,13-15H2. The maximum Gasteiger partial charge on any atom is 0.461 e. The molecule has 0 fully saturated rings. The molecule has 1 N–H and O–H groups in total. The molecule has 1 atom stereocenters. The van der Waals surface area contributed by atoms with Gasteiger partial charge in [-0.25, -0.2) is 0 Å². The summed E-state index contributed by atoms with van der Waals surface area (Å²) < 4.78 is 139. The Bertz CT molecular complexity index is 1260. The van der Waals surface area contributed by atoms with E-state index in [0.717, 1.165) is 29.2 Å². The number of ether oxygens (including phenoxy) is 2. The van der Waals surface area contributed by atoms with E-state index in [-0.39, 0.29) is 29.2 Å². The van der Waals surface area contributed by atoms with Crippen LogP contribution < -0.4 is 14.4 Å². The molecule has 218 valence electrons. The lowest BCUT2D eigenvalue weighted by Gasteiger charge is -2.29. The van der Waals surface area contributed by atoms with Crippen molar-refractivity contribution in [1.29, 1.82) is 0 Å². The molecule has 3 rings (SSSR count). The molecule has 0 radical (unpaired) electrons. The first-order valence-corrected chi connectivity index (χ1v) is 11.4. The number of rotatable bonds is 11. The van der Waals surface area contributed by atoms with Crippen LogP contribution in [-0.4, -0.2) is 36.5 Å². The first kappa shape index (κ1) is 30.9. The lowest BCUT2D eigenvalue weighted by atomic mass is 10.1. The summed E-state index contributed by atoms with van der Waals surface area (Å²) in [6.45, 7) is -1.74. The van der Waals surface area contributed by atoms with Gasteiger partial charge in [-0.15, -0.1) is 0 Å². The molecule has 3 aromatic rings. The molecule has 0 aromatic heterocycles. The van der Waals surface area contributed by atoms with E-state index in [9.17, 15) is 49.0 Å². The van der Waals surface area contributed by atoms with Gasteiger partial charge < -0.3 is 19.5 Å². The summed E-state index contributed by atoms with van der Waals surface area (Å²) in [5.74, 6) is -0.604. The second-order valence-corrected chi connectivity index (χ2v) is 8.53. The molecule has 4 nitrogen and oxygen atoms in total. The van der Waals surface area contributed by atoms with Gasteiger partial charge in [-0.05, 0) is 47.5 Å². The molecule has 3 aromatic carbocycles. The molecule has 0 aliphatic heterocycles. The summed E-state index contributed by atoms with van der Waals surface area (Å²) in [4.78, 5) is 1.03. The predicted octanol–water partition coefficient (Wildman–Crippen LogP) is 7.45. The highest BCUT2D eigenvalue weighted by molar-refractivity contribution is 5.52. The highest BCUT2D eigenvalue weighted by Gasteiger charge is 2.44. The zero-order valence-electron chi connectivity index (χ0n) is 20.2. The van der Waals surface area contributed by atoms with Crippen LogP contribution in [0.2, 0.25) is 0 Å². The quantitative estimate of drug-likeness (QED) is 0.238. The number of aliphatic hydroxyl groups excluding tert-OH is 1. The number of aliphatic hydroxyl groups is 1. The summed E-state index contributed by atoms with van der Waals surface area (Å²) >= 11 is 0. The number of benzene rings is 3. The van der Waals surface area contributed by atoms with Gasteiger partial charge in [0.2, 0.25) is 0 Å². The van der Waals surface area contributed by atoms with Crippen LogP contribution in [0.5, 0.6) is 11.5 Å². The maximum absolute atomic E-state index is 13.3. The largest absolute Gasteiger partial charge is 0.489 e. The smallest absolute Gasteiger partial charge is 0.461 e. The average Bonchev–Trinajstić information content (AvgIpc) is 2.86. The molecule has 0 amide bonds. The van der Waals surface area contributed by atoms with Gasteiger partial charge in [0.1, 0.15) is 18.1 Å². The Hall–Kier alpha value is -3.68. The monoisotopic (exact) mass is 585 g/mol. The molecule has 0 saturated carbocycles. The van der Waals surface area contributed by atoms with Gasteiger partial charge >= 0.3 is 24.9 Å². The molecule has 40 heavy (non-hydrogen) atoms. The van der Waals surface area contributed by atoms with Gasteiger partial charge in [0, 0.05) is 18.3 Å². The summed E-state index contributed by atoms with van der Waals surface area (Å²) in [5, 5.41) is 9.68. The van der Waals surface area contributed by atoms with Crippen LogP contribution in [0.25, 0.3) is 0 Å². The normalized spacial score (nSPS) is 13.3. The second-order valence-electron chi connectivity index (χ2n) is 8.53. The molecule has 0 heterocycles. The van der Waals surface area contributed by atoms with E-state index >= 15 is 0 Å². The fourth-order valence-electron chi connectivity index (χ4n) is 3.48. The van der Waals surface area contributed by atoms with E-state index in [2.05, 4.69) is 4.74 Å². The highest BCUT2D eigenvalue weighted by Crippen LogP contribution is 2.32. The fraction of sp³-hybridized carbons (Fsp3) is 0.308. The SMILES string of the molecule is OC(CN(Cc1cccc(OC(F)(F)C(F)F)c1)c1cccc(OCc2cccc(C(F)(F)F)c2)c1)C(F)(F)F. The van der Waals surface area contributed by atoms with Crippen LogP contribution >= 0.6 is 0 Å². The third-order valence-electron chi connectivity index (χ3n) is 5.39. The minimum atomic E-state index is -5.01. The van der Waals surface area contributed by atoms with E-state index in [1.165, 1.54) is 48.5 Å². The van der Waals surface area contributed by atoms with E-state index < -0.39 is 55.4 Å².